The highest BCUT2D eigenvalue weighted by Crippen LogP contribution is 2.37. The summed E-state index contributed by atoms with van der Waals surface area (Å²) in [6.45, 7) is 5.61. The summed E-state index contributed by atoms with van der Waals surface area (Å²) in [5, 5.41) is 3.10. The molecule has 1 saturated heterocycles. The number of carbonyl (C=O) groups excluding carboxylic acids is 1. The molecule has 2 aromatic rings. The van der Waals surface area contributed by atoms with Gasteiger partial charge in [0.25, 0.3) is 0 Å². The number of aromatic nitrogens is 2. The Morgan fingerprint density at radius 2 is 1.93 bits per heavy atom. The van der Waals surface area contributed by atoms with Gasteiger partial charge in [-0.25, -0.2) is 14.4 Å². The van der Waals surface area contributed by atoms with Gasteiger partial charge in [-0.3, -0.25) is 4.79 Å². The zero-order valence-electron chi connectivity index (χ0n) is 17.1. The van der Waals surface area contributed by atoms with Crippen molar-refractivity contribution < 1.29 is 9.18 Å². The molecule has 2 atom stereocenters. The molecule has 2 heterocycles. The molecule has 1 aliphatic carbocycles. The second-order valence-electron chi connectivity index (χ2n) is 7.97. The Bertz CT molecular complexity index is 864. The number of likely N-dealkylation sites (N-methyl/N-ethyl adjacent to an activating group) is 1. The summed E-state index contributed by atoms with van der Waals surface area (Å²) in [6.07, 6.45) is 3.82. The lowest BCUT2D eigenvalue weighted by atomic mass is 9.97. The van der Waals surface area contributed by atoms with Crippen LogP contribution in [0, 0.1) is 5.82 Å². The van der Waals surface area contributed by atoms with Crippen LogP contribution < -0.4 is 10.2 Å². The Balaban J connectivity index is 1.46. The number of carbonyl (C=O) groups is 1. The molecule has 7 heteroatoms. The maximum atomic E-state index is 13.3. The Labute approximate surface area is 171 Å². The molecule has 2 aliphatic rings. The number of amides is 1. The molecule has 0 unspecified atom stereocenters. The molecule has 1 fully saturated rings. The van der Waals surface area contributed by atoms with E-state index >= 15 is 0 Å². The minimum absolute atomic E-state index is 0.0897. The molecule has 29 heavy (non-hydrogen) atoms. The molecule has 0 bridgehead atoms. The van der Waals surface area contributed by atoms with Gasteiger partial charge in [-0.15, -0.1) is 0 Å². The van der Waals surface area contributed by atoms with E-state index < -0.39 is 0 Å². The minimum Gasteiger partial charge on any atom is -0.353 e. The third kappa shape index (κ3) is 3.96. The van der Waals surface area contributed by atoms with Crippen molar-refractivity contribution in [3.05, 3.63) is 53.2 Å². The van der Waals surface area contributed by atoms with Crippen LogP contribution in [0.2, 0.25) is 0 Å². The average molecular weight is 397 g/mol. The number of aryl methyl sites for hydroxylation is 1. The van der Waals surface area contributed by atoms with Crippen LogP contribution in [0.15, 0.2) is 30.6 Å². The van der Waals surface area contributed by atoms with Crippen molar-refractivity contribution in [3.63, 3.8) is 0 Å². The van der Waals surface area contributed by atoms with Crippen molar-refractivity contribution in [2.24, 2.45) is 0 Å². The first-order valence-corrected chi connectivity index (χ1v) is 10.4. The van der Waals surface area contributed by atoms with E-state index in [0.29, 0.717) is 25.6 Å². The van der Waals surface area contributed by atoms with Crippen molar-refractivity contribution in [2.45, 2.75) is 31.6 Å². The van der Waals surface area contributed by atoms with E-state index in [2.05, 4.69) is 27.1 Å². The van der Waals surface area contributed by atoms with Crippen LogP contribution in [0.25, 0.3) is 0 Å². The first-order valence-electron chi connectivity index (χ1n) is 10.4. The summed E-state index contributed by atoms with van der Waals surface area (Å²) in [5.41, 5.74) is 3.30. The predicted molar refractivity (Wildman–Crippen MR) is 111 cm³/mol. The molecule has 1 N–H and O–H groups in total. The lowest BCUT2D eigenvalue weighted by Gasteiger charge is -2.38. The molecule has 1 aromatic heterocycles. The second-order valence-corrected chi connectivity index (χ2v) is 7.97. The van der Waals surface area contributed by atoms with Crippen LogP contribution in [0.4, 0.5) is 10.2 Å². The smallest absolute Gasteiger partial charge is 0.231 e. The maximum absolute atomic E-state index is 13.3. The van der Waals surface area contributed by atoms with Crippen molar-refractivity contribution in [1.29, 1.82) is 0 Å². The van der Waals surface area contributed by atoms with Crippen molar-refractivity contribution >= 4 is 11.7 Å². The molecule has 0 spiro atoms. The molecular weight excluding hydrogens is 369 g/mol. The van der Waals surface area contributed by atoms with Gasteiger partial charge in [0.2, 0.25) is 5.91 Å². The Morgan fingerprint density at radius 1 is 1.21 bits per heavy atom. The van der Waals surface area contributed by atoms with E-state index in [1.165, 1.54) is 23.4 Å². The van der Waals surface area contributed by atoms with Crippen LogP contribution in [0.3, 0.4) is 0 Å². The highest BCUT2D eigenvalue weighted by molar-refractivity contribution is 5.84. The predicted octanol–water partition coefficient (Wildman–Crippen LogP) is 2.32. The van der Waals surface area contributed by atoms with Crippen molar-refractivity contribution in [2.75, 3.05) is 44.7 Å². The average Bonchev–Trinajstić information content (AvgIpc) is 3.14. The Kier molecular flexibility index (Phi) is 5.76. The fourth-order valence-corrected chi connectivity index (χ4v) is 4.48. The summed E-state index contributed by atoms with van der Waals surface area (Å²) in [4.78, 5) is 26.5. The number of nitrogens with one attached hydrogen (secondary N) is 1. The summed E-state index contributed by atoms with van der Waals surface area (Å²) < 4.78 is 13.3. The molecule has 4 rings (SSSR count). The topological polar surface area (TPSA) is 61.4 Å². The van der Waals surface area contributed by atoms with Crippen LogP contribution >= 0.6 is 0 Å². The number of benzene rings is 1. The van der Waals surface area contributed by atoms with E-state index in [1.54, 1.807) is 18.5 Å². The number of nitrogens with zero attached hydrogens (tertiary/aromatic N) is 4. The molecule has 154 valence electrons. The highest BCUT2D eigenvalue weighted by atomic mass is 19.1. The van der Waals surface area contributed by atoms with Gasteiger partial charge >= 0.3 is 0 Å². The van der Waals surface area contributed by atoms with Crippen LogP contribution in [0.1, 0.15) is 42.0 Å². The number of hydrogen-bond donors (Lipinski definition) is 1. The number of fused-ring (bicyclic) bond motifs is 1. The summed E-state index contributed by atoms with van der Waals surface area (Å²) >= 11 is 0. The Morgan fingerprint density at radius 3 is 2.62 bits per heavy atom. The van der Waals surface area contributed by atoms with E-state index in [4.69, 9.17) is 0 Å². The molecule has 1 amide bonds. The second kappa shape index (κ2) is 8.45. The molecule has 0 radical (unpaired) electrons. The molecule has 6 nitrogen and oxygen atoms in total. The van der Waals surface area contributed by atoms with Gasteiger partial charge in [-0.1, -0.05) is 19.1 Å². The van der Waals surface area contributed by atoms with Gasteiger partial charge < -0.3 is 15.1 Å². The standard InChI is InChI=1S/C22H28FN5O/c1-15-3-8-19-20(15)21(26-14-25-19)27-9-11-28(12-10-27)22(29)18(13-24-2)16-4-6-17(23)7-5-16/h4-7,14-15,18,24H,3,8-13H2,1-2H3/t15-,18+/m1/s1. The fraction of sp³-hybridized carbons (Fsp3) is 0.500. The molecule has 0 saturated carbocycles. The Hall–Kier alpha value is -2.54. The minimum atomic E-state index is -0.310. The maximum Gasteiger partial charge on any atom is 0.231 e. The number of halogens is 1. The summed E-state index contributed by atoms with van der Waals surface area (Å²) in [5.74, 6) is 1.02. The third-order valence-electron chi connectivity index (χ3n) is 6.12. The van der Waals surface area contributed by atoms with Gasteiger partial charge in [0, 0.05) is 44.0 Å². The van der Waals surface area contributed by atoms with Crippen LogP contribution in [-0.4, -0.2) is 60.5 Å². The van der Waals surface area contributed by atoms with E-state index in [0.717, 1.165) is 37.3 Å². The van der Waals surface area contributed by atoms with Gasteiger partial charge in [0.05, 0.1) is 5.92 Å². The zero-order chi connectivity index (χ0) is 20.4. The molecule has 1 aliphatic heterocycles. The number of piperazine rings is 1. The summed E-state index contributed by atoms with van der Waals surface area (Å²) in [6, 6.07) is 6.24. The van der Waals surface area contributed by atoms with E-state index in [-0.39, 0.29) is 17.6 Å². The quantitative estimate of drug-likeness (QED) is 0.839. The van der Waals surface area contributed by atoms with Crippen LogP contribution in [0.5, 0.6) is 0 Å². The number of anilines is 1. The van der Waals surface area contributed by atoms with Gasteiger partial charge in [0.15, 0.2) is 0 Å². The van der Waals surface area contributed by atoms with Crippen molar-refractivity contribution in [1.82, 2.24) is 20.2 Å². The number of hydrogen-bond acceptors (Lipinski definition) is 5. The normalized spacial score (nSPS) is 19.9. The largest absolute Gasteiger partial charge is 0.353 e. The van der Waals surface area contributed by atoms with Gasteiger partial charge in [-0.2, -0.15) is 0 Å². The van der Waals surface area contributed by atoms with Gasteiger partial charge in [-0.05, 0) is 43.5 Å². The number of rotatable bonds is 5. The first-order chi connectivity index (χ1) is 14.1. The lowest BCUT2D eigenvalue weighted by molar-refractivity contribution is -0.133. The van der Waals surface area contributed by atoms with Crippen molar-refractivity contribution in [3.8, 4) is 0 Å². The molecular formula is C22H28FN5O. The first kappa shape index (κ1) is 19.8. The summed E-state index contributed by atoms with van der Waals surface area (Å²) in [7, 11) is 1.83. The monoisotopic (exact) mass is 397 g/mol. The van der Waals surface area contributed by atoms with Gasteiger partial charge in [0.1, 0.15) is 18.0 Å². The van der Waals surface area contributed by atoms with E-state index in [1.807, 2.05) is 11.9 Å². The van der Waals surface area contributed by atoms with E-state index in [9.17, 15) is 9.18 Å². The molecule has 1 aromatic carbocycles. The zero-order valence-corrected chi connectivity index (χ0v) is 17.1. The third-order valence-corrected chi connectivity index (χ3v) is 6.12. The highest BCUT2D eigenvalue weighted by Gasteiger charge is 2.31. The SMILES string of the molecule is CNC[C@H](C(=O)N1CCN(c2ncnc3c2[C@H](C)CC3)CC1)c1ccc(F)cc1. The lowest BCUT2D eigenvalue weighted by Crippen LogP contribution is -2.51. The fourth-order valence-electron chi connectivity index (χ4n) is 4.48. The van der Waals surface area contributed by atoms with Crippen LogP contribution in [-0.2, 0) is 11.2 Å².